The number of hydrogen-bond donors (Lipinski definition) is 0. The highest BCUT2D eigenvalue weighted by atomic mass is 16.6. The fraction of sp³-hybridized carbons (Fsp3) is 0.791. The molecule has 24 aliphatic carbocycles. The Balaban J connectivity index is 0.000000141. The lowest BCUT2D eigenvalue weighted by atomic mass is 9.43. The Bertz CT molecular complexity index is 4580. The Hall–Kier alpha value is -7.92. The summed E-state index contributed by atoms with van der Waals surface area (Å²) in [5.74, 6) is 4.98. The van der Waals surface area contributed by atoms with Gasteiger partial charge in [0.2, 0.25) is 0 Å². The standard InChI is InChI=1S/2C20H30O4.3C19H28O4.C18H26O4/c1-12(2)18(22)23-11-17(21)24-20(13(3)4)15-6-14-7-16(20)10-19(5,8-14)9-15;1-5-6-20(24-17(21)12-23-18(22)13(2)3)15-7-14-8-16(20)11-19(4,9-14)10-15;1-5-19(23-16(20)11-22-17(21)12(2)3)14-6-13-7-15(19)10-18(4,8-13)9-14;1-5-16(20)22-11-17(21)23-19(12(2)3)14-6-13-7-15(19)10-18(4,8-13)9-14;1-4-6-19(23-17(21)12-22-16(20)5-2)14-7-13-8-15(19)11-18(3,9-13)10-14;1-11(2)16(20)21-10-15(19)22-18(4)13-5-12-6-14(18)9-17(3,7-12)8-13/h13-16H,1,6-11H2,2-5H3;14-16H,2,5-12H2,1,3-4H3;13-15H,2,5-11H2,1,3-4H3;5,12-15H,1,6-11H2,2-4H3;5,13-15H,2,4,6-12H2,1,3H3;12-14H,1,5-10H2,2-4H3. The first-order valence-corrected chi connectivity index (χ1v) is 53.3. The molecule has 0 aliphatic heterocycles. The number of carbonyl (C=O) groups excluding carboxylic acids is 12. The van der Waals surface area contributed by atoms with E-state index in [-0.39, 0.29) is 85.1 Å². The van der Waals surface area contributed by atoms with Crippen LogP contribution in [0.4, 0.5) is 0 Å². The van der Waals surface area contributed by atoms with Gasteiger partial charge in [0.1, 0.15) is 33.6 Å². The van der Waals surface area contributed by atoms with Crippen LogP contribution in [-0.4, -0.2) is 145 Å². The van der Waals surface area contributed by atoms with Crippen molar-refractivity contribution in [1.29, 1.82) is 0 Å². The van der Waals surface area contributed by atoms with E-state index in [1.54, 1.807) is 27.7 Å². The Morgan fingerprint density at radius 2 is 0.468 bits per heavy atom. The molecule has 0 aromatic rings. The Morgan fingerprint density at radius 1 is 0.273 bits per heavy atom. The predicted molar refractivity (Wildman–Crippen MR) is 524 cm³/mol. The smallest absolute Gasteiger partial charge is 0.344 e. The normalized spacial score (nSPS) is 40.6. The van der Waals surface area contributed by atoms with E-state index in [1.165, 1.54) is 141 Å². The molecule has 139 heavy (non-hydrogen) atoms. The first kappa shape index (κ1) is 108. The molecule has 24 fully saturated rings. The van der Waals surface area contributed by atoms with Gasteiger partial charge in [-0.2, -0.15) is 0 Å². The first-order chi connectivity index (χ1) is 65.1. The average Bonchev–Trinajstić information content (AvgIpc) is 0.695. The number of rotatable bonds is 31. The third kappa shape index (κ3) is 22.9. The van der Waals surface area contributed by atoms with Crippen LogP contribution >= 0.6 is 0 Å². The first-order valence-electron chi connectivity index (χ1n) is 53.3. The summed E-state index contributed by atoms with van der Waals surface area (Å²) in [6, 6.07) is 0. The Kier molecular flexibility index (Phi) is 32.8. The van der Waals surface area contributed by atoms with Crippen molar-refractivity contribution >= 4 is 71.6 Å². The molecule has 24 nitrogen and oxygen atoms in total. The zero-order valence-electron chi connectivity index (χ0n) is 87.7. The second-order valence-electron chi connectivity index (χ2n) is 50.7. The summed E-state index contributed by atoms with van der Waals surface area (Å²) in [4.78, 5) is 142. The largest absolute Gasteiger partial charge is 0.456 e. The summed E-state index contributed by atoms with van der Waals surface area (Å²) in [7, 11) is 0. The quantitative estimate of drug-likeness (QED) is 0.0353. The average molecular weight is 1940 g/mol. The van der Waals surface area contributed by atoms with Crippen molar-refractivity contribution in [3.8, 4) is 0 Å². The summed E-state index contributed by atoms with van der Waals surface area (Å²) in [5.41, 5.74) is 1.63. The molecular weight excluding hydrogens is 1770 g/mol. The molecule has 24 heteroatoms. The minimum Gasteiger partial charge on any atom is -0.456 e. The van der Waals surface area contributed by atoms with E-state index in [1.807, 2.05) is 0 Å². The predicted octanol–water partition coefficient (Wildman–Crippen LogP) is 22.0. The lowest BCUT2D eigenvalue weighted by Gasteiger charge is -2.65. The fourth-order valence-corrected chi connectivity index (χ4v) is 35.0. The summed E-state index contributed by atoms with van der Waals surface area (Å²) in [6.45, 7) is 56.7. The Labute approximate surface area is 828 Å². The maximum absolute atomic E-state index is 12.4. The highest BCUT2D eigenvalue weighted by Gasteiger charge is 2.70. The van der Waals surface area contributed by atoms with Crippen LogP contribution in [-0.2, 0) is 114 Å². The molecule has 24 rings (SSSR count). The van der Waals surface area contributed by atoms with E-state index in [0.29, 0.717) is 126 Å². The van der Waals surface area contributed by atoms with Gasteiger partial charge < -0.3 is 56.8 Å². The second-order valence-corrected chi connectivity index (χ2v) is 50.7. The second kappa shape index (κ2) is 42.0. The van der Waals surface area contributed by atoms with Crippen molar-refractivity contribution in [3.05, 3.63) is 73.9 Å². The van der Waals surface area contributed by atoms with Crippen molar-refractivity contribution in [2.75, 3.05) is 39.6 Å². The van der Waals surface area contributed by atoms with E-state index < -0.39 is 71.6 Å². The molecule has 0 aromatic carbocycles. The van der Waals surface area contributed by atoms with Crippen LogP contribution < -0.4 is 0 Å². The van der Waals surface area contributed by atoms with Gasteiger partial charge >= 0.3 is 71.6 Å². The van der Waals surface area contributed by atoms with Crippen LogP contribution in [0.1, 0.15) is 349 Å². The van der Waals surface area contributed by atoms with Crippen molar-refractivity contribution in [1.82, 2.24) is 0 Å². The van der Waals surface area contributed by atoms with E-state index in [0.717, 1.165) is 131 Å². The number of ether oxygens (including phenoxy) is 12. The number of hydrogen-bond acceptors (Lipinski definition) is 24. The highest BCUT2D eigenvalue weighted by molar-refractivity contribution is 5.91. The zero-order chi connectivity index (χ0) is 102. The number of esters is 12. The maximum atomic E-state index is 12.4. The number of carbonyl (C=O) groups is 12. The van der Waals surface area contributed by atoms with Gasteiger partial charge in [-0.3, -0.25) is 0 Å². The molecule has 0 heterocycles. The van der Waals surface area contributed by atoms with E-state index in [2.05, 4.69) is 136 Å². The topological polar surface area (TPSA) is 316 Å². The van der Waals surface area contributed by atoms with Crippen LogP contribution in [0.2, 0.25) is 0 Å². The Morgan fingerprint density at radius 3 is 0.683 bits per heavy atom. The molecule has 24 bridgehead atoms. The summed E-state index contributed by atoms with van der Waals surface area (Å²) < 4.78 is 65.7. The summed E-state index contributed by atoms with van der Waals surface area (Å²) >= 11 is 0. The summed E-state index contributed by atoms with van der Waals surface area (Å²) in [6.07, 6.45) is 42.9. The van der Waals surface area contributed by atoms with Gasteiger partial charge in [-0.05, 0) is 374 Å². The van der Waals surface area contributed by atoms with Crippen LogP contribution in [0.5, 0.6) is 0 Å². The van der Waals surface area contributed by atoms with Crippen molar-refractivity contribution in [2.24, 2.45) is 151 Å². The minimum atomic E-state index is -0.585. The molecule has 12 atom stereocenters. The molecule has 0 saturated heterocycles. The van der Waals surface area contributed by atoms with Gasteiger partial charge in [-0.25, -0.2) is 57.5 Å². The summed E-state index contributed by atoms with van der Waals surface area (Å²) in [5, 5.41) is 0. The molecule has 0 radical (unpaired) electrons. The van der Waals surface area contributed by atoms with Gasteiger partial charge in [0.15, 0.2) is 39.6 Å². The lowest BCUT2D eigenvalue weighted by molar-refractivity contribution is -0.240. The SMILES string of the molecule is C=C(C)C(=O)OCC(=O)OC1(C(C)C)C2CC3CC1CC(C)(C3)C2.C=C(C)C(=O)OCC(=O)OC1(C)C2CC3CC1CC(C)(C3)C2.C=C(C)C(=O)OCC(=O)OC1(CC)C2CC3CC1CC(C)(C3)C2.C=C(C)C(=O)OCC(=O)OC1(CCC)C2CC3CC1CC(C)(C3)C2.C=CC(=O)OCC(=O)OC1(C(C)C)C2CC3CC1CC(C)(C3)C2.C=CC(=O)OCC(=O)OC1(CCC)C2CC3CC1CC(C)(C3)C2. The molecule has 12 unspecified atom stereocenters. The molecule has 0 N–H and O–H groups in total. The fourth-order valence-electron chi connectivity index (χ4n) is 35.0. The third-order valence-electron chi connectivity index (χ3n) is 38.4. The molecule has 24 saturated carbocycles. The zero-order valence-corrected chi connectivity index (χ0v) is 87.7. The molecular formula is C115H170O24. The maximum Gasteiger partial charge on any atom is 0.344 e. The van der Waals surface area contributed by atoms with Gasteiger partial charge in [0.05, 0.1) is 0 Å². The third-order valence-corrected chi connectivity index (χ3v) is 38.4. The van der Waals surface area contributed by atoms with Gasteiger partial charge in [0.25, 0.3) is 0 Å². The van der Waals surface area contributed by atoms with Gasteiger partial charge in [-0.1, -0.05) is 142 Å². The van der Waals surface area contributed by atoms with Crippen molar-refractivity contribution < 1.29 is 114 Å². The lowest BCUT2D eigenvalue weighted by Crippen LogP contribution is -2.64. The molecule has 0 spiro atoms. The van der Waals surface area contributed by atoms with Crippen molar-refractivity contribution in [2.45, 2.75) is 383 Å². The molecule has 0 aromatic heterocycles. The van der Waals surface area contributed by atoms with Gasteiger partial charge in [0, 0.05) is 58.1 Å². The molecule has 0 amide bonds. The van der Waals surface area contributed by atoms with E-state index in [9.17, 15) is 57.5 Å². The molecule has 774 valence electrons. The monoisotopic (exact) mass is 1940 g/mol. The van der Waals surface area contributed by atoms with Crippen LogP contribution in [0.3, 0.4) is 0 Å². The van der Waals surface area contributed by atoms with Crippen LogP contribution in [0.15, 0.2) is 73.9 Å². The molecule has 24 aliphatic rings. The van der Waals surface area contributed by atoms with Crippen LogP contribution in [0.25, 0.3) is 0 Å². The minimum absolute atomic E-state index is 0.275. The van der Waals surface area contributed by atoms with E-state index in [4.69, 9.17) is 56.8 Å². The van der Waals surface area contributed by atoms with Crippen LogP contribution in [0, 0.1) is 151 Å². The van der Waals surface area contributed by atoms with Crippen molar-refractivity contribution in [3.63, 3.8) is 0 Å². The van der Waals surface area contributed by atoms with E-state index >= 15 is 0 Å². The van der Waals surface area contributed by atoms with Gasteiger partial charge in [-0.15, -0.1) is 0 Å². The highest BCUT2D eigenvalue weighted by Crippen LogP contribution is 2.72.